The van der Waals surface area contributed by atoms with Gasteiger partial charge in [-0.15, -0.1) is 0 Å². The molecule has 0 saturated heterocycles. The summed E-state index contributed by atoms with van der Waals surface area (Å²) in [5.74, 6) is 0.845. The molecule has 1 atom stereocenters. The predicted molar refractivity (Wildman–Crippen MR) is 78.4 cm³/mol. The van der Waals surface area contributed by atoms with E-state index >= 15 is 0 Å². The Labute approximate surface area is 124 Å². The molecule has 0 spiro atoms. The number of hydrogen-bond acceptors (Lipinski definition) is 4. The maximum Gasteiger partial charge on any atom is 0.220 e. The molecular formula is C14H22N6O. The standard InChI is InChI=1S/C14H22N6O/c1-3-7-20-14(15-10-18-20)11(2)19-13(21)6-4-5-12-8-16-17-9-12/h8-11H,3-7H2,1-2H3,(H,16,17)(H,19,21)/t11-/m1/s1. The van der Waals surface area contributed by atoms with Crippen molar-refractivity contribution in [2.45, 2.75) is 52.1 Å². The summed E-state index contributed by atoms with van der Waals surface area (Å²) in [5.41, 5.74) is 1.12. The summed E-state index contributed by atoms with van der Waals surface area (Å²) in [5, 5.41) is 13.8. The Hall–Kier alpha value is -2.18. The van der Waals surface area contributed by atoms with Gasteiger partial charge in [0, 0.05) is 19.2 Å². The van der Waals surface area contributed by atoms with Crippen LogP contribution in [0.4, 0.5) is 0 Å². The minimum Gasteiger partial charge on any atom is -0.346 e. The van der Waals surface area contributed by atoms with Crippen molar-refractivity contribution in [1.29, 1.82) is 0 Å². The summed E-state index contributed by atoms with van der Waals surface area (Å²) in [6.45, 7) is 4.84. The minimum atomic E-state index is -0.125. The van der Waals surface area contributed by atoms with E-state index in [1.165, 1.54) is 6.33 Å². The number of carbonyl (C=O) groups is 1. The first-order valence-corrected chi connectivity index (χ1v) is 7.35. The first kappa shape index (κ1) is 15.2. The van der Waals surface area contributed by atoms with Gasteiger partial charge in [0.1, 0.15) is 12.2 Å². The van der Waals surface area contributed by atoms with E-state index in [9.17, 15) is 4.79 Å². The Morgan fingerprint density at radius 1 is 1.52 bits per heavy atom. The van der Waals surface area contributed by atoms with Crippen molar-refractivity contribution in [2.75, 3.05) is 0 Å². The van der Waals surface area contributed by atoms with Gasteiger partial charge in [0.2, 0.25) is 5.91 Å². The molecule has 1 amide bonds. The molecule has 2 N–H and O–H groups in total. The highest BCUT2D eigenvalue weighted by molar-refractivity contribution is 5.76. The Morgan fingerprint density at radius 3 is 3.10 bits per heavy atom. The zero-order chi connectivity index (χ0) is 15.1. The van der Waals surface area contributed by atoms with Crippen LogP contribution in [0.15, 0.2) is 18.7 Å². The molecule has 2 rings (SSSR count). The molecule has 0 bridgehead atoms. The monoisotopic (exact) mass is 290 g/mol. The quantitative estimate of drug-likeness (QED) is 0.773. The number of nitrogens with one attached hydrogen (secondary N) is 2. The molecule has 7 heteroatoms. The summed E-state index contributed by atoms with van der Waals surface area (Å²) in [6, 6.07) is -0.125. The van der Waals surface area contributed by atoms with Gasteiger partial charge >= 0.3 is 0 Å². The van der Waals surface area contributed by atoms with Gasteiger partial charge in [-0.1, -0.05) is 6.92 Å². The van der Waals surface area contributed by atoms with Crippen LogP contribution in [-0.4, -0.2) is 30.9 Å². The lowest BCUT2D eigenvalue weighted by molar-refractivity contribution is -0.121. The molecule has 0 radical (unpaired) electrons. The molecule has 2 aromatic heterocycles. The number of aromatic nitrogens is 5. The number of hydrogen-bond donors (Lipinski definition) is 2. The second kappa shape index (κ2) is 7.56. The van der Waals surface area contributed by atoms with Crippen LogP contribution < -0.4 is 5.32 Å². The van der Waals surface area contributed by atoms with Gasteiger partial charge in [0.25, 0.3) is 0 Å². The van der Waals surface area contributed by atoms with Crippen molar-refractivity contribution in [3.8, 4) is 0 Å². The molecule has 7 nitrogen and oxygen atoms in total. The van der Waals surface area contributed by atoms with Crippen LogP contribution in [0.3, 0.4) is 0 Å². The van der Waals surface area contributed by atoms with Crippen LogP contribution in [-0.2, 0) is 17.8 Å². The maximum absolute atomic E-state index is 12.0. The number of nitrogens with zero attached hydrogens (tertiary/aromatic N) is 4. The number of aryl methyl sites for hydroxylation is 2. The van der Waals surface area contributed by atoms with Gasteiger partial charge < -0.3 is 5.32 Å². The summed E-state index contributed by atoms with van der Waals surface area (Å²) in [6.07, 6.45) is 8.32. The van der Waals surface area contributed by atoms with Crippen molar-refractivity contribution in [1.82, 2.24) is 30.3 Å². The van der Waals surface area contributed by atoms with E-state index in [0.29, 0.717) is 6.42 Å². The highest BCUT2D eigenvalue weighted by atomic mass is 16.1. The second-order valence-corrected chi connectivity index (χ2v) is 5.09. The average Bonchev–Trinajstić information content (AvgIpc) is 3.10. The molecular weight excluding hydrogens is 268 g/mol. The molecule has 2 heterocycles. The van der Waals surface area contributed by atoms with Crippen LogP contribution in [0.1, 0.15) is 50.5 Å². The summed E-state index contributed by atoms with van der Waals surface area (Å²) < 4.78 is 1.84. The van der Waals surface area contributed by atoms with E-state index < -0.39 is 0 Å². The fraction of sp³-hybridized carbons (Fsp3) is 0.571. The highest BCUT2D eigenvalue weighted by Gasteiger charge is 2.15. The SMILES string of the molecule is CCCn1ncnc1[C@@H](C)NC(=O)CCCc1cn[nH]c1. The molecule has 0 aliphatic heterocycles. The third-order valence-corrected chi connectivity index (χ3v) is 3.27. The van der Waals surface area contributed by atoms with Crippen LogP contribution in [0, 0.1) is 0 Å². The van der Waals surface area contributed by atoms with Crippen molar-refractivity contribution >= 4 is 5.91 Å². The zero-order valence-corrected chi connectivity index (χ0v) is 12.5. The Morgan fingerprint density at radius 2 is 2.38 bits per heavy atom. The van der Waals surface area contributed by atoms with E-state index in [1.807, 2.05) is 17.8 Å². The summed E-state index contributed by atoms with van der Waals surface area (Å²) in [7, 11) is 0. The first-order chi connectivity index (χ1) is 10.2. The van der Waals surface area contributed by atoms with Gasteiger partial charge in [-0.25, -0.2) is 9.67 Å². The van der Waals surface area contributed by atoms with Gasteiger partial charge in [0.15, 0.2) is 0 Å². The maximum atomic E-state index is 12.0. The van der Waals surface area contributed by atoms with Gasteiger partial charge in [0.05, 0.1) is 12.2 Å². The lowest BCUT2D eigenvalue weighted by Crippen LogP contribution is -2.28. The van der Waals surface area contributed by atoms with E-state index in [-0.39, 0.29) is 11.9 Å². The number of H-pyrrole nitrogens is 1. The van der Waals surface area contributed by atoms with E-state index in [4.69, 9.17) is 0 Å². The van der Waals surface area contributed by atoms with Crippen LogP contribution in [0.5, 0.6) is 0 Å². The summed E-state index contributed by atoms with van der Waals surface area (Å²) >= 11 is 0. The highest BCUT2D eigenvalue weighted by Crippen LogP contribution is 2.10. The molecule has 21 heavy (non-hydrogen) atoms. The van der Waals surface area contributed by atoms with Crippen molar-refractivity contribution < 1.29 is 4.79 Å². The fourth-order valence-electron chi connectivity index (χ4n) is 2.24. The van der Waals surface area contributed by atoms with Crippen LogP contribution >= 0.6 is 0 Å². The van der Waals surface area contributed by atoms with E-state index in [2.05, 4.69) is 32.5 Å². The third kappa shape index (κ3) is 4.40. The lowest BCUT2D eigenvalue weighted by atomic mass is 10.1. The third-order valence-electron chi connectivity index (χ3n) is 3.27. The largest absolute Gasteiger partial charge is 0.346 e. The normalized spacial score (nSPS) is 12.3. The van der Waals surface area contributed by atoms with E-state index in [0.717, 1.165) is 37.2 Å². The van der Waals surface area contributed by atoms with Gasteiger partial charge in [-0.3, -0.25) is 9.89 Å². The first-order valence-electron chi connectivity index (χ1n) is 7.35. The van der Waals surface area contributed by atoms with Gasteiger partial charge in [-0.05, 0) is 31.7 Å². The smallest absolute Gasteiger partial charge is 0.220 e. The number of aromatic amines is 1. The number of rotatable bonds is 8. The van der Waals surface area contributed by atoms with Crippen LogP contribution in [0.25, 0.3) is 0 Å². The van der Waals surface area contributed by atoms with Crippen molar-refractivity contribution in [3.63, 3.8) is 0 Å². The molecule has 0 unspecified atom stereocenters. The second-order valence-electron chi connectivity index (χ2n) is 5.09. The van der Waals surface area contributed by atoms with Crippen molar-refractivity contribution in [2.24, 2.45) is 0 Å². The molecule has 0 aromatic carbocycles. The van der Waals surface area contributed by atoms with Gasteiger partial charge in [-0.2, -0.15) is 10.2 Å². The van der Waals surface area contributed by atoms with Crippen molar-refractivity contribution in [3.05, 3.63) is 30.1 Å². The van der Waals surface area contributed by atoms with Crippen LogP contribution in [0.2, 0.25) is 0 Å². The Balaban J connectivity index is 1.77. The molecule has 114 valence electrons. The lowest BCUT2D eigenvalue weighted by Gasteiger charge is -2.14. The molecule has 2 aromatic rings. The molecule has 0 fully saturated rings. The van der Waals surface area contributed by atoms with E-state index in [1.54, 1.807) is 6.20 Å². The topological polar surface area (TPSA) is 88.5 Å². The number of carbonyl (C=O) groups excluding carboxylic acids is 1. The molecule has 0 saturated carbocycles. The fourth-order valence-corrected chi connectivity index (χ4v) is 2.24. The Kier molecular flexibility index (Phi) is 5.48. The average molecular weight is 290 g/mol. The zero-order valence-electron chi connectivity index (χ0n) is 12.5. The minimum absolute atomic E-state index is 0.0389. The molecule has 0 aliphatic carbocycles. The predicted octanol–water partition coefficient (Wildman–Crippen LogP) is 1.61. The summed E-state index contributed by atoms with van der Waals surface area (Å²) in [4.78, 5) is 16.2. The molecule has 0 aliphatic rings. The number of amides is 1. The Bertz CT molecular complexity index is 548.